The highest BCUT2D eigenvalue weighted by Crippen LogP contribution is 2.10. The highest BCUT2D eigenvalue weighted by molar-refractivity contribution is 7.87. The molecule has 0 spiro atoms. The number of pyridine rings is 1. The zero-order valence-electron chi connectivity index (χ0n) is 9.86. The number of amides is 1. The average Bonchev–Trinajstić information content (AvgIpc) is 2.71. The van der Waals surface area contributed by atoms with Gasteiger partial charge in [-0.2, -0.15) is 17.8 Å². The van der Waals surface area contributed by atoms with Gasteiger partial charge in [-0.15, -0.1) is 0 Å². The van der Waals surface area contributed by atoms with Crippen molar-refractivity contribution in [2.24, 2.45) is 0 Å². The Labute approximate surface area is 104 Å². The van der Waals surface area contributed by atoms with E-state index in [9.17, 15) is 13.2 Å². The van der Waals surface area contributed by atoms with E-state index in [4.69, 9.17) is 0 Å². The monoisotopic (exact) mass is 268 g/mol. The molecule has 2 aromatic rings. The van der Waals surface area contributed by atoms with E-state index in [-0.39, 0.29) is 5.56 Å². The second-order valence-corrected chi connectivity index (χ2v) is 5.69. The minimum Gasteiger partial charge on any atom is -0.268 e. The lowest BCUT2D eigenvalue weighted by Gasteiger charge is -2.11. The number of nitrogens with zero attached hydrogens (tertiary/aromatic N) is 3. The first-order valence-corrected chi connectivity index (χ1v) is 6.53. The SMILES string of the molecule is CN(C)S(=O)(=O)NC(=O)c1cnn2ccccc12. The highest BCUT2D eigenvalue weighted by atomic mass is 32.2. The third-order valence-electron chi connectivity index (χ3n) is 2.37. The van der Waals surface area contributed by atoms with E-state index in [1.165, 1.54) is 24.8 Å². The maximum atomic E-state index is 11.9. The normalized spacial score (nSPS) is 11.9. The number of rotatable bonds is 3. The van der Waals surface area contributed by atoms with Gasteiger partial charge in [-0.1, -0.05) is 6.07 Å². The molecule has 96 valence electrons. The molecule has 0 aliphatic carbocycles. The summed E-state index contributed by atoms with van der Waals surface area (Å²) in [7, 11) is -1.12. The van der Waals surface area contributed by atoms with Crippen LogP contribution in [0, 0.1) is 0 Å². The van der Waals surface area contributed by atoms with Crippen molar-refractivity contribution in [1.82, 2.24) is 18.6 Å². The van der Waals surface area contributed by atoms with Crippen molar-refractivity contribution < 1.29 is 13.2 Å². The molecule has 2 aromatic heterocycles. The molecule has 0 aliphatic rings. The molecule has 0 aliphatic heterocycles. The maximum Gasteiger partial charge on any atom is 0.303 e. The zero-order chi connectivity index (χ0) is 13.3. The molecule has 18 heavy (non-hydrogen) atoms. The lowest BCUT2D eigenvalue weighted by atomic mass is 10.2. The van der Waals surface area contributed by atoms with Gasteiger partial charge < -0.3 is 0 Å². The highest BCUT2D eigenvalue weighted by Gasteiger charge is 2.20. The van der Waals surface area contributed by atoms with E-state index in [0.717, 1.165) is 4.31 Å². The summed E-state index contributed by atoms with van der Waals surface area (Å²) in [6.45, 7) is 0. The van der Waals surface area contributed by atoms with Crippen molar-refractivity contribution in [3.63, 3.8) is 0 Å². The summed E-state index contributed by atoms with van der Waals surface area (Å²) in [4.78, 5) is 11.9. The van der Waals surface area contributed by atoms with Crippen molar-refractivity contribution in [1.29, 1.82) is 0 Å². The largest absolute Gasteiger partial charge is 0.303 e. The predicted molar refractivity (Wildman–Crippen MR) is 65.3 cm³/mol. The Morgan fingerprint density at radius 3 is 2.78 bits per heavy atom. The van der Waals surface area contributed by atoms with Crippen LogP contribution >= 0.6 is 0 Å². The van der Waals surface area contributed by atoms with Gasteiger partial charge in [0.05, 0.1) is 17.3 Å². The summed E-state index contributed by atoms with van der Waals surface area (Å²) in [5.74, 6) is -0.704. The van der Waals surface area contributed by atoms with Crippen molar-refractivity contribution >= 4 is 21.6 Å². The Kier molecular flexibility index (Phi) is 3.05. The van der Waals surface area contributed by atoms with E-state index in [0.29, 0.717) is 5.52 Å². The summed E-state index contributed by atoms with van der Waals surface area (Å²) in [5.41, 5.74) is 0.755. The van der Waals surface area contributed by atoms with Crippen LogP contribution in [0.5, 0.6) is 0 Å². The minimum atomic E-state index is -3.80. The van der Waals surface area contributed by atoms with Gasteiger partial charge in [0, 0.05) is 20.3 Å². The van der Waals surface area contributed by atoms with E-state index in [1.54, 1.807) is 24.4 Å². The first-order valence-electron chi connectivity index (χ1n) is 5.09. The molecule has 1 amide bonds. The van der Waals surface area contributed by atoms with Crippen molar-refractivity contribution in [3.8, 4) is 0 Å². The molecular formula is C10H12N4O3S. The number of aromatic nitrogens is 2. The number of nitrogens with one attached hydrogen (secondary N) is 1. The molecule has 2 rings (SSSR count). The van der Waals surface area contributed by atoms with Gasteiger partial charge in [-0.05, 0) is 12.1 Å². The van der Waals surface area contributed by atoms with Gasteiger partial charge >= 0.3 is 10.2 Å². The number of carbonyl (C=O) groups excluding carboxylic acids is 1. The molecule has 0 bridgehead atoms. The molecular weight excluding hydrogens is 256 g/mol. The van der Waals surface area contributed by atoms with Gasteiger partial charge in [0.15, 0.2) is 0 Å². The molecule has 0 aromatic carbocycles. The van der Waals surface area contributed by atoms with E-state index in [2.05, 4.69) is 5.10 Å². The summed E-state index contributed by atoms with van der Waals surface area (Å²) >= 11 is 0. The van der Waals surface area contributed by atoms with Crippen LogP contribution in [-0.4, -0.2) is 42.3 Å². The molecule has 0 saturated carbocycles. The maximum absolute atomic E-state index is 11.9. The Balaban J connectivity index is 2.36. The summed E-state index contributed by atoms with van der Waals surface area (Å²) in [5, 5.41) is 3.96. The number of fused-ring (bicyclic) bond motifs is 1. The smallest absolute Gasteiger partial charge is 0.268 e. The molecule has 0 fully saturated rings. The summed E-state index contributed by atoms with van der Waals surface area (Å²) in [6, 6.07) is 5.19. The average molecular weight is 268 g/mol. The molecule has 8 heteroatoms. The second kappa shape index (κ2) is 4.39. The lowest BCUT2D eigenvalue weighted by Crippen LogP contribution is -2.39. The van der Waals surface area contributed by atoms with E-state index in [1.807, 2.05) is 4.72 Å². The second-order valence-electron chi connectivity index (χ2n) is 3.81. The van der Waals surface area contributed by atoms with Crippen LogP contribution in [0.4, 0.5) is 0 Å². The Morgan fingerprint density at radius 2 is 2.11 bits per heavy atom. The zero-order valence-corrected chi connectivity index (χ0v) is 10.7. The van der Waals surface area contributed by atoms with Gasteiger partial charge in [0.2, 0.25) is 0 Å². The van der Waals surface area contributed by atoms with Crippen molar-refractivity contribution in [2.75, 3.05) is 14.1 Å². The van der Waals surface area contributed by atoms with E-state index >= 15 is 0 Å². The fourth-order valence-corrected chi connectivity index (χ4v) is 1.90. The van der Waals surface area contributed by atoms with Gasteiger partial charge in [0.25, 0.3) is 5.91 Å². The van der Waals surface area contributed by atoms with Crippen LogP contribution in [0.2, 0.25) is 0 Å². The van der Waals surface area contributed by atoms with Crippen LogP contribution in [0.15, 0.2) is 30.6 Å². The van der Waals surface area contributed by atoms with Crippen LogP contribution in [0.3, 0.4) is 0 Å². The van der Waals surface area contributed by atoms with Crippen LogP contribution < -0.4 is 4.72 Å². The van der Waals surface area contributed by atoms with Gasteiger partial charge in [-0.25, -0.2) is 9.24 Å². The third-order valence-corrected chi connectivity index (χ3v) is 3.78. The van der Waals surface area contributed by atoms with Crippen LogP contribution in [0.1, 0.15) is 10.4 Å². The molecule has 2 heterocycles. The first kappa shape index (κ1) is 12.5. The third kappa shape index (κ3) is 2.20. The van der Waals surface area contributed by atoms with Gasteiger partial charge in [0.1, 0.15) is 0 Å². The Morgan fingerprint density at radius 1 is 1.39 bits per heavy atom. The van der Waals surface area contributed by atoms with Crippen molar-refractivity contribution in [3.05, 3.63) is 36.2 Å². The molecule has 0 unspecified atom stereocenters. The molecule has 0 radical (unpaired) electrons. The lowest BCUT2D eigenvalue weighted by molar-refractivity contribution is 0.0981. The molecule has 0 atom stereocenters. The standard InChI is InChI=1S/C10H12N4O3S/c1-13(2)18(16,17)12-10(15)8-7-11-14-6-4-3-5-9(8)14/h3-7H,1-2H3,(H,12,15). The molecule has 7 nitrogen and oxygen atoms in total. The van der Waals surface area contributed by atoms with Crippen molar-refractivity contribution in [2.45, 2.75) is 0 Å². The molecule has 1 N–H and O–H groups in total. The fourth-order valence-electron chi connectivity index (χ4n) is 1.37. The minimum absolute atomic E-state index is 0.209. The first-order chi connectivity index (χ1) is 8.42. The Bertz CT molecular complexity index is 690. The van der Waals surface area contributed by atoms with Gasteiger partial charge in [-0.3, -0.25) is 4.79 Å². The molecule has 0 saturated heterocycles. The quantitative estimate of drug-likeness (QED) is 0.840. The predicted octanol–water partition coefficient (Wildman–Crippen LogP) is -0.129. The summed E-state index contributed by atoms with van der Waals surface area (Å²) in [6.07, 6.45) is 3.00. The fraction of sp³-hybridized carbons (Fsp3) is 0.200. The topological polar surface area (TPSA) is 83.8 Å². The van der Waals surface area contributed by atoms with Crippen LogP contribution in [0.25, 0.3) is 5.52 Å². The van der Waals surface area contributed by atoms with Crippen LogP contribution in [-0.2, 0) is 10.2 Å². The van der Waals surface area contributed by atoms with E-state index < -0.39 is 16.1 Å². The Hall–Kier alpha value is -1.93. The number of carbonyl (C=O) groups is 1. The number of hydrogen-bond acceptors (Lipinski definition) is 4. The summed E-state index contributed by atoms with van der Waals surface area (Å²) < 4.78 is 27.5. The number of hydrogen-bond donors (Lipinski definition) is 1.